The fourth-order valence-electron chi connectivity index (χ4n) is 3.35. The first-order valence-corrected chi connectivity index (χ1v) is 8.48. The lowest BCUT2D eigenvalue weighted by Crippen LogP contribution is -2.30. The molecule has 0 spiro atoms. The second-order valence-electron chi connectivity index (χ2n) is 6.17. The maximum Gasteiger partial charge on any atom is 0.335 e. The van der Waals surface area contributed by atoms with Gasteiger partial charge in [-0.25, -0.2) is 4.79 Å². The highest BCUT2D eigenvalue weighted by atomic mass is 16.6. The summed E-state index contributed by atoms with van der Waals surface area (Å²) in [6.45, 7) is 0. The molecule has 9 heteroatoms. The number of nitrogens with zero attached hydrogens (tertiary/aromatic N) is 3. The summed E-state index contributed by atoms with van der Waals surface area (Å²) < 4.78 is 4.78. The number of hydrogen-bond donors (Lipinski definition) is 0. The minimum atomic E-state index is -0.545. The summed E-state index contributed by atoms with van der Waals surface area (Å²) in [5, 5.41) is 23.0. The van der Waals surface area contributed by atoms with E-state index in [1.54, 1.807) is 35.2 Å². The van der Waals surface area contributed by atoms with Crippen LogP contribution in [-0.4, -0.2) is 22.9 Å². The zero-order valence-electron chi connectivity index (χ0n) is 15.0. The third-order valence-electron chi connectivity index (χ3n) is 4.61. The van der Waals surface area contributed by atoms with Crippen molar-refractivity contribution in [3.05, 3.63) is 86.1 Å². The van der Waals surface area contributed by atoms with Gasteiger partial charge < -0.3 is 9.64 Å². The van der Waals surface area contributed by atoms with E-state index in [2.05, 4.69) is 0 Å². The number of ether oxygens (including phenoxy) is 1. The maximum atomic E-state index is 12.0. The van der Waals surface area contributed by atoms with Crippen molar-refractivity contribution in [2.45, 2.75) is 18.9 Å². The highest BCUT2D eigenvalue weighted by molar-refractivity contribution is 5.89. The fourth-order valence-corrected chi connectivity index (χ4v) is 3.35. The molecule has 1 unspecified atom stereocenters. The number of nitro benzene ring substituents is 2. The summed E-state index contributed by atoms with van der Waals surface area (Å²) in [5.41, 5.74) is 0.775. The molecular weight excluding hydrogens is 366 g/mol. The number of methoxy groups -OCH3 is 1. The third-order valence-corrected chi connectivity index (χ3v) is 4.61. The molecule has 9 nitrogen and oxygen atoms in total. The van der Waals surface area contributed by atoms with Crippen LogP contribution in [-0.2, 0) is 9.53 Å². The minimum Gasteiger partial charge on any atom is -0.466 e. The minimum absolute atomic E-state index is 0.0778. The Hall–Kier alpha value is -3.75. The van der Waals surface area contributed by atoms with E-state index in [0.717, 1.165) is 0 Å². The molecule has 0 radical (unpaired) electrons. The zero-order valence-corrected chi connectivity index (χ0v) is 15.0. The molecule has 1 aliphatic rings. The van der Waals surface area contributed by atoms with Crippen LogP contribution in [0.25, 0.3) is 0 Å². The van der Waals surface area contributed by atoms with Crippen molar-refractivity contribution in [3.63, 3.8) is 0 Å². The van der Waals surface area contributed by atoms with Crippen LogP contribution in [0.1, 0.15) is 24.4 Å². The SMILES string of the molecule is COC(=O)C1=CN(c2ccccc2[N+](=O)[O-])C(c2ccccc2[N+](=O)[O-])CC1. The molecule has 2 aromatic carbocycles. The summed E-state index contributed by atoms with van der Waals surface area (Å²) in [6, 6.07) is 11.8. The second-order valence-corrected chi connectivity index (χ2v) is 6.17. The molecule has 2 aromatic rings. The van der Waals surface area contributed by atoms with Crippen LogP contribution in [0.15, 0.2) is 60.3 Å². The van der Waals surface area contributed by atoms with E-state index in [1.807, 2.05) is 0 Å². The zero-order chi connectivity index (χ0) is 20.3. The molecule has 0 amide bonds. The van der Waals surface area contributed by atoms with Crippen LogP contribution in [0.4, 0.5) is 17.1 Å². The predicted molar refractivity (Wildman–Crippen MR) is 101 cm³/mol. The molecule has 0 fully saturated rings. The van der Waals surface area contributed by atoms with Gasteiger partial charge in [0.15, 0.2) is 0 Å². The number of benzene rings is 2. The van der Waals surface area contributed by atoms with Crippen LogP contribution in [0.3, 0.4) is 0 Å². The van der Waals surface area contributed by atoms with E-state index >= 15 is 0 Å². The Morgan fingerprint density at radius 2 is 1.64 bits per heavy atom. The van der Waals surface area contributed by atoms with Crippen molar-refractivity contribution in [2.24, 2.45) is 0 Å². The van der Waals surface area contributed by atoms with Gasteiger partial charge in [-0.15, -0.1) is 0 Å². The van der Waals surface area contributed by atoms with Gasteiger partial charge >= 0.3 is 5.97 Å². The number of carbonyl (C=O) groups is 1. The molecule has 0 bridgehead atoms. The molecular formula is C19H17N3O6. The first-order valence-electron chi connectivity index (χ1n) is 8.48. The molecule has 144 valence electrons. The number of esters is 1. The molecule has 3 rings (SSSR count). The predicted octanol–water partition coefficient (Wildman–Crippen LogP) is 3.90. The average molecular weight is 383 g/mol. The van der Waals surface area contributed by atoms with E-state index in [0.29, 0.717) is 24.0 Å². The highest BCUT2D eigenvalue weighted by Crippen LogP contribution is 2.42. The summed E-state index contributed by atoms with van der Waals surface area (Å²) in [7, 11) is 1.26. The van der Waals surface area contributed by atoms with Crippen molar-refractivity contribution in [1.82, 2.24) is 0 Å². The lowest BCUT2D eigenvalue weighted by Gasteiger charge is -2.34. The van der Waals surface area contributed by atoms with Gasteiger partial charge in [-0.3, -0.25) is 20.2 Å². The van der Waals surface area contributed by atoms with E-state index < -0.39 is 21.9 Å². The number of nitro groups is 2. The summed E-state index contributed by atoms with van der Waals surface area (Å²) in [5.74, 6) is -0.537. The standard InChI is InChI=1S/C19H17N3O6/c1-28-19(23)13-10-11-15(14-6-2-3-7-16(14)21(24)25)20(12-13)17-8-4-5-9-18(17)22(26)27/h2-9,12,15H,10-11H2,1H3. The molecule has 1 atom stereocenters. The molecule has 1 heterocycles. The van der Waals surface area contributed by atoms with Crippen LogP contribution in [0, 0.1) is 20.2 Å². The van der Waals surface area contributed by atoms with Crippen molar-refractivity contribution < 1.29 is 19.4 Å². The Bertz CT molecular complexity index is 972. The molecule has 0 saturated heterocycles. The number of rotatable bonds is 5. The summed E-state index contributed by atoms with van der Waals surface area (Å²) >= 11 is 0. The lowest BCUT2D eigenvalue weighted by molar-refractivity contribution is -0.385. The lowest BCUT2D eigenvalue weighted by atomic mass is 9.92. The number of anilines is 1. The Morgan fingerprint density at radius 1 is 1.04 bits per heavy atom. The number of carbonyl (C=O) groups excluding carboxylic acids is 1. The van der Waals surface area contributed by atoms with Gasteiger partial charge in [0.1, 0.15) is 5.69 Å². The summed E-state index contributed by atoms with van der Waals surface area (Å²) in [6.07, 6.45) is 2.18. The Balaban J connectivity index is 2.19. The van der Waals surface area contributed by atoms with Gasteiger partial charge in [0.25, 0.3) is 11.4 Å². The molecule has 0 aromatic heterocycles. The van der Waals surface area contributed by atoms with Gasteiger partial charge in [0, 0.05) is 18.3 Å². The van der Waals surface area contributed by atoms with Crippen molar-refractivity contribution in [1.29, 1.82) is 0 Å². The van der Waals surface area contributed by atoms with Gasteiger partial charge in [0.2, 0.25) is 0 Å². The van der Waals surface area contributed by atoms with E-state index in [9.17, 15) is 25.0 Å². The van der Waals surface area contributed by atoms with Crippen LogP contribution in [0.2, 0.25) is 0 Å². The van der Waals surface area contributed by atoms with Gasteiger partial charge in [0.05, 0.1) is 34.1 Å². The summed E-state index contributed by atoms with van der Waals surface area (Å²) in [4.78, 5) is 35.6. The van der Waals surface area contributed by atoms with Gasteiger partial charge in [-0.05, 0) is 18.9 Å². The van der Waals surface area contributed by atoms with E-state index in [1.165, 1.54) is 31.5 Å². The second kappa shape index (κ2) is 7.87. The fraction of sp³-hybridized carbons (Fsp3) is 0.211. The molecule has 0 aliphatic carbocycles. The normalized spacial score (nSPS) is 16.2. The van der Waals surface area contributed by atoms with Crippen LogP contribution < -0.4 is 4.90 Å². The van der Waals surface area contributed by atoms with Gasteiger partial charge in [-0.1, -0.05) is 30.3 Å². The van der Waals surface area contributed by atoms with Crippen molar-refractivity contribution in [2.75, 3.05) is 12.0 Å². The monoisotopic (exact) mass is 383 g/mol. The van der Waals surface area contributed by atoms with Crippen LogP contribution >= 0.6 is 0 Å². The number of hydrogen-bond acceptors (Lipinski definition) is 7. The van der Waals surface area contributed by atoms with Gasteiger partial charge in [-0.2, -0.15) is 0 Å². The maximum absolute atomic E-state index is 12.0. The van der Waals surface area contributed by atoms with E-state index in [-0.39, 0.29) is 17.1 Å². The van der Waals surface area contributed by atoms with Crippen molar-refractivity contribution >= 4 is 23.0 Å². The quantitative estimate of drug-likeness (QED) is 0.437. The average Bonchev–Trinajstić information content (AvgIpc) is 2.72. The first-order chi connectivity index (χ1) is 13.4. The van der Waals surface area contributed by atoms with Crippen LogP contribution in [0.5, 0.6) is 0 Å². The Labute approximate surface area is 160 Å². The molecule has 28 heavy (non-hydrogen) atoms. The first kappa shape index (κ1) is 19.0. The molecule has 1 aliphatic heterocycles. The number of para-hydroxylation sites is 3. The van der Waals surface area contributed by atoms with Crippen molar-refractivity contribution in [3.8, 4) is 0 Å². The molecule has 0 saturated carbocycles. The highest BCUT2D eigenvalue weighted by Gasteiger charge is 2.34. The largest absolute Gasteiger partial charge is 0.466 e. The molecule has 0 N–H and O–H groups in total. The smallest absolute Gasteiger partial charge is 0.335 e. The Kier molecular flexibility index (Phi) is 5.35. The topological polar surface area (TPSA) is 116 Å². The Morgan fingerprint density at radius 3 is 2.29 bits per heavy atom. The van der Waals surface area contributed by atoms with E-state index in [4.69, 9.17) is 4.74 Å². The third kappa shape index (κ3) is 3.54.